The average Bonchev–Trinajstić information content (AvgIpc) is 3.15. The number of ether oxygens (including phenoxy) is 1. The maximum absolute atomic E-state index is 13.5. The Balaban J connectivity index is 1.56. The van der Waals surface area contributed by atoms with E-state index in [1.807, 2.05) is 12.1 Å². The van der Waals surface area contributed by atoms with E-state index in [0.717, 1.165) is 31.5 Å². The SMILES string of the molecule is O=C(NCCOc1ccccc1F)[C@@H](c1cccnc1)N1CCCC1. The third-order valence-electron chi connectivity index (χ3n) is 4.25. The van der Waals surface area contributed by atoms with E-state index in [9.17, 15) is 9.18 Å². The molecular weight excluding hydrogens is 321 g/mol. The van der Waals surface area contributed by atoms with Gasteiger partial charge in [0.25, 0.3) is 0 Å². The third kappa shape index (κ3) is 4.54. The van der Waals surface area contributed by atoms with Gasteiger partial charge < -0.3 is 10.1 Å². The van der Waals surface area contributed by atoms with E-state index in [-0.39, 0.29) is 24.3 Å². The number of nitrogens with zero attached hydrogens (tertiary/aromatic N) is 2. The number of nitrogens with one attached hydrogen (secondary N) is 1. The zero-order chi connectivity index (χ0) is 17.5. The molecule has 132 valence electrons. The number of amides is 1. The molecule has 0 bridgehead atoms. The summed E-state index contributed by atoms with van der Waals surface area (Å²) in [5, 5.41) is 2.89. The molecule has 0 saturated carbocycles. The van der Waals surface area contributed by atoms with Crippen LogP contribution in [0.4, 0.5) is 4.39 Å². The van der Waals surface area contributed by atoms with Crippen molar-refractivity contribution in [3.63, 3.8) is 0 Å². The lowest BCUT2D eigenvalue weighted by Crippen LogP contribution is -2.40. The maximum atomic E-state index is 13.5. The van der Waals surface area contributed by atoms with E-state index in [0.29, 0.717) is 6.54 Å². The van der Waals surface area contributed by atoms with E-state index in [1.165, 1.54) is 6.07 Å². The number of hydrogen-bond donors (Lipinski definition) is 1. The minimum absolute atomic E-state index is 0.0768. The molecule has 1 saturated heterocycles. The van der Waals surface area contributed by atoms with Crippen molar-refractivity contribution in [2.45, 2.75) is 18.9 Å². The Kier molecular flexibility index (Phi) is 5.95. The van der Waals surface area contributed by atoms with Crippen molar-refractivity contribution >= 4 is 5.91 Å². The third-order valence-corrected chi connectivity index (χ3v) is 4.25. The fourth-order valence-electron chi connectivity index (χ4n) is 3.06. The monoisotopic (exact) mass is 343 g/mol. The normalized spacial score (nSPS) is 15.7. The van der Waals surface area contributed by atoms with Crippen LogP contribution >= 0.6 is 0 Å². The van der Waals surface area contributed by atoms with Crippen molar-refractivity contribution in [2.75, 3.05) is 26.2 Å². The van der Waals surface area contributed by atoms with Crippen LogP contribution in [0, 0.1) is 5.82 Å². The lowest BCUT2D eigenvalue weighted by Gasteiger charge is -2.26. The summed E-state index contributed by atoms with van der Waals surface area (Å²) in [6.45, 7) is 2.33. The first-order valence-electron chi connectivity index (χ1n) is 8.55. The van der Waals surface area contributed by atoms with E-state index in [4.69, 9.17) is 4.74 Å². The number of carbonyl (C=O) groups excluding carboxylic acids is 1. The Hall–Kier alpha value is -2.47. The van der Waals surface area contributed by atoms with E-state index in [1.54, 1.807) is 30.6 Å². The largest absolute Gasteiger partial charge is 0.489 e. The summed E-state index contributed by atoms with van der Waals surface area (Å²) in [6.07, 6.45) is 5.63. The molecule has 5 nitrogen and oxygen atoms in total. The van der Waals surface area contributed by atoms with Gasteiger partial charge in [0.15, 0.2) is 11.6 Å². The number of halogens is 1. The number of hydrogen-bond acceptors (Lipinski definition) is 4. The summed E-state index contributed by atoms with van der Waals surface area (Å²) in [6, 6.07) is 9.66. The first kappa shape index (κ1) is 17.4. The standard InChI is InChI=1S/C19H22FN3O2/c20-16-7-1-2-8-17(16)25-13-10-22-19(24)18(23-11-3-4-12-23)15-6-5-9-21-14-15/h1-2,5-9,14,18H,3-4,10-13H2,(H,22,24)/t18-/m1/s1. The van der Waals surface area contributed by atoms with Gasteiger partial charge in [0.2, 0.25) is 5.91 Å². The van der Waals surface area contributed by atoms with E-state index >= 15 is 0 Å². The van der Waals surface area contributed by atoms with Gasteiger partial charge in [-0.3, -0.25) is 14.7 Å². The number of likely N-dealkylation sites (tertiary alicyclic amines) is 1. The van der Waals surface area contributed by atoms with Crippen LogP contribution in [-0.4, -0.2) is 42.0 Å². The number of para-hydroxylation sites is 1. The molecular formula is C19H22FN3O2. The number of carbonyl (C=O) groups is 1. The molecule has 0 unspecified atom stereocenters. The van der Waals surface area contributed by atoms with Crippen LogP contribution in [0.25, 0.3) is 0 Å². The molecule has 6 heteroatoms. The smallest absolute Gasteiger partial charge is 0.242 e. The summed E-state index contributed by atoms with van der Waals surface area (Å²) in [5.41, 5.74) is 0.886. The van der Waals surface area contributed by atoms with Gasteiger partial charge in [-0.05, 0) is 49.7 Å². The average molecular weight is 343 g/mol. The minimum Gasteiger partial charge on any atom is -0.489 e. The Morgan fingerprint density at radius 3 is 2.76 bits per heavy atom. The zero-order valence-corrected chi connectivity index (χ0v) is 14.0. The predicted molar refractivity (Wildman–Crippen MR) is 92.7 cm³/mol. The molecule has 2 aromatic rings. The van der Waals surface area contributed by atoms with E-state index in [2.05, 4.69) is 15.2 Å². The summed E-state index contributed by atoms with van der Waals surface area (Å²) >= 11 is 0. The Bertz CT molecular complexity index is 690. The molecule has 1 N–H and O–H groups in total. The highest BCUT2D eigenvalue weighted by Gasteiger charge is 2.29. The van der Waals surface area contributed by atoms with Gasteiger partial charge in [-0.25, -0.2) is 4.39 Å². The van der Waals surface area contributed by atoms with Crippen molar-refractivity contribution in [3.8, 4) is 5.75 Å². The van der Waals surface area contributed by atoms with Gasteiger partial charge in [0.05, 0.1) is 6.54 Å². The molecule has 1 aromatic heterocycles. The van der Waals surface area contributed by atoms with Gasteiger partial charge in [-0.15, -0.1) is 0 Å². The highest BCUT2D eigenvalue weighted by atomic mass is 19.1. The van der Waals surface area contributed by atoms with Crippen LogP contribution < -0.4 is 10.1 Å². The highest BCUT2D eigenvalue weighted by Crippen LogP contribution is 2.24. The van der Waals surface area contributed by atoms with Gasteiger partial charge >= 0.3 is 0 Å². The second-order valence-electron chi connectivity index (χ2n) is 6.00. The maximum Gasteiger partial charge on any atom is 0.242 e. The lowest BCUT2D eigenvalue weighted by molar-refractivity contribution is -0.126. The molecule has 25 heavy (non-hydrogen) atoms. The molecule has 0 radical (unpaired) electrons. The zero-order valence-electron chi connectivity index (χ0n) is 14.0. The molecule has 1 aliphatic heterocycles. The quantitative estimate of drug-likeness (QED) is 0.785. The molecule has 1 atom stereocenters. The molecule has 0 aliphatic carbocycles. The van der Waals surface area contributed by atoms with Gasteiger partial charge in [0.1, 0.15) is 12.6 Å². The number of benzene rings is 1. The minimum atomic E-state index is -0.404. The molecule has 1 aliphatic rings. The van der Waals surface area contributed by atoms with E-state index < -0.39 is 5.82 Å². The Morgan fingerprint density at radius 2 is 2.04 bits per heavy atom. The number of pyridine rings is 1. The summed E-state index contributed by atoms with van der Waals surface area (Å²) in [4.78, 5) is 19.0. The highest BCUT2D eigenvalue weighted by molar-refractivity contribution is 5.83. The fourth-order valence-corrected chi connectivity index (χ4v) is 3.06. The Morgan fingerprint density at radius 1 is 1.24 bits per heavy atom. The van der Waals surface area contributed by atoms with Gasteiger partial charge in [-0.1, -0.05) is 18.2 Å². The molecule has 1 aromatic carbocycles. The van der Waals surface area contributed by atoms with Crippen molar-refractivity contribution in [3.05, 3.63) is 60.2 Å². The molecule has 2 heterocycles. The van der Waals surface area contributed by atoms with Crippen LogP contribution in [0.3, 0.4) is 0 Å². The van der Waals surface area contributed by atoms with Crippen LogP contribution in [0.5, 0.6) is 5.75 Å². The fraction of sp³-hybridized carbons (Fsp3) is 0.368. The first-order valence-corrected chi connectivity index (χ1v) is 8.55. The predicted octanol–water partition coefficient (Wildman–Crippen LogP) is 2.55. The molecule has 3 rings (SSSR count). The van der Waals surface area contributed by atoms with Crippen molar-refractivity contribution < 1.29 is 13.9 Å². The lowest BCUT2D eigenvalue weighted by atomic mass is 10.1. The topological polar surface area (TPSA) is 54.5 Å². The summed E-state index contributed by atoms with van der Waals surface area (Å²) < 4.78 is 18.9. The number of rotatable bonds is 7. The van der Waals surface area contributed by atoms with Gasteiger partial charge in [-0.2, -0.15) is 0 Å². The van der Waals surface area contributed by atoms with Gasteiger partial charge in [0, 0.05) is 12.4 Å². The van der Waals surface area contributed by atoms with Crippen LogP contribution in [0.15, 0.2) is 48.8 Å². The molecule has 0 spiro atoms. The van der Waals surface area contributed by atoms with Crippen molar-refractivity contribution in [1.29, 1.82) is 0 Å². The second kappa shape index (κ2) is 8.58. The Labute approximate surface area is 146 Å². The second-order valence-corrected chi connectivity index (χ2v) is 6.00. The summed E-state index contributed by atoms with van der Waals surface area (Å²) in [7, 11) is 0. The number of aromatic nitrogens is 1. The van der Waals surface area contributed by atoms with Crippen LogP contribution in [0.2, 0.25) is 0 Å². The summed E-state index contributed by atoms with van der Waals surface area (Å²) in [5.74, 6) is -0.286. The van der Waals surface area contributed by atoms with Crippen molar-refractivity contribution in [2.24, 2.45) is 0 Å². The van der Waals surface area contributed by atoms with Crippen molar-refractivity contribution in [1.82, 2.24) is 15.2 Å². The first-order chi connectivity index (χ1) is 12.3. The molecule has 1 amide bonds. The van der Waals surface area contributed by atoms with Crippen LogP contribution in [0.1, 0.15) is 24.4 Å². The molecule has 1 fully saturated rings. The van der Waals surface area contributed by atoms with Crippen LogP contribution in [-0.2, 0) is 4.79 Å².